The SMILES string of the molecule is Cc1nn(C)cc1N1C(=O)/C(=C\c2cccc(OCC(C)C)c2)NC1=S. The second-order valence-electron chi connectivity index (χ2n) is 6.68. The van der Waals surface area contributed by atoms with E-state index in [1.54, 1.807) is 17.0 Å². The quantitative estimate of drug-likeness (QED) is 0.648. The Morgan fingerprint density at radius 1 is 1.38 bits per heavy atom. The molecule has 26 heavy (non-hydrogen) atoms. The molecule has 2 heterocycles. The molecular formula is C19H22N4O2S. The molecule has 1 saturated heterocycles. The highest BCUT2D eigenvalue weighted by atomic mass is 32.1. The van der Waals surface area contributed by atoms with Crippen LogP contribution in [0.2, 0.25) is 0 Å². The zero-order chi connectivity index (χ0) is 18.8. The van der Waals surface area contributed by atoms with Gasteiger partial charge in [-0.2, -0.15) is 5.10 Å². The fourth-order valence-electron chi connectivity index (χ4n) is 2.68. The number of hydrogen-bond donors (Lipinski definition) is 1. The molecule has 6 nitrogen and oxygen atoms in total. The van der Waals surface area contributed by atoms with Crippen molar-refractivity contribution < 1.29 is 9.53 Å². The minimum absolute atomic E-state index is 0.195. The number of carbonyl (C=O) groups is 1. The zero-order valence-electron chi connectivity index (χ0n) is 15.3. The summed E-state index contributed by atoms with van der Waals surface area (Å²) in [6.07, 6.45) is 3.56. The van der Waals surface area contributed by atoms with Crippen LogP contribution in [0.1, 0.15) is 25.1 Å². The Balaban J connectivity index is 1.84. The Hall–Kier alpha value is -2.67. The van der Waals surface area contributed by atoms with Crippen LogP contribution in [0.5, 0.6) is 5.75 Å². The van der Waals surface area contributed by atoms with E-state index in [0.717, 1.165) is 17.0 Å². The third kappa shape index (κ3) is 3.77. The van der Waals surface area contributed by atoms with E-state index in [9.17, 15) is 4.79 Å². The Morgan fingerprint density at radius 3 is 2.81 bits per heavy atom. The van der Waals surface area contributed by atoms with E-state index in [4.69, 9.17) is 17.0 Å². The normalized spacial score (nSPS) is 15.9. The van der Waals surface area contributed by atoms with Gasteiger partial charge in [0.15, 0.2) is 5.11 Å². The minimum atomic E-state index is -0.195. The summed E-state index contributed by atoms with van der Waals surface area (Å²) in [5.74, 6) is 1.03. The first-order valence-corrected chi connectivity index (χ1v) is 8.86. The van der Waals surface area contributed by atoms with Gasteiger partial charge in [0.25, 0.3) is 5.91 Å². The van der Waals surface area contributed by atoms with Crippen molar-refractivity contribution in [3.63, 3.8) is 0 Å². The van der Waals surface area contributed by atoms with Gasteiger partial charge in [-0.05, 0) is 48.8 Å². The predicted octanol–water partition coefficient (Wildman–Crippen LogP) is 3.03. The number of carbonyl (C=O) groups excluding carboxylic acids is 1. The van der Waals surface area contributed by atoms with Gasteiger partial charge in [0.2, 0.25) is 0 Å². The van der Waals surface area contributed by atoms with E-state index >= 15 is 0 Å². The number of rotatable bonds is 5. The van der Waals surface area contributed by atoms with E-state index in [-0.39, 0.29) is 5.91 Å². The molecule has 0 unspecified atom stereocenters. The fraction of sp³-hybridized carbons (Fsp3) is 0.316. The molecule has 1 fully saturated rings. The number of nitrogens with zero attached hydrogens (tertiary/aromatic N) is 3. The number of ether oxygens (including phenoxy) is 1. The first-order chi connectivity index (χ1) is 12.3. The maximum atomic E-state index is 12.8. The maximum absolute atomic E-state index is 12.8. The molecule has 2 aromatic rings. The second kappa shape index (κ2) is 7.29. The molecule has 0 bridgehead atoms. The molecule has 0 spiro atoms. The van der Waals surface area contributed by atoms with E-state index in [1.165, 1.54) is 4.90 Å². The number of thiocarbonyl (C=S) groups is 1. The van der Waals surface area contributed by atoms with Gasteiger partial charge in [-0.3, -0.25) is 9.48 Å². The van der Waals surface area contributed by atoms with Gasteiger partial charge in [0, 0.05) is 13.2 Å². The van der Waals surface area contributed by atoms with Crippen LogP contribution in [-0.2, 0) is 11.8 Å². The van der Waals surface area contributed by atoms with Crippen LogP contribution in [0.3, 0.4) is 0 Å². The van der Waals surface area contributed by atoms with Gasteiger partial charge in [0.1, 0.15) is 11.4 Å². The Bertz CT molecular complexity index is 885. The molecule has 1 N–H and O–H groups in total. The van der Waals surface area contributed by atoms with Gasteiger partial charge in [-0.1, -0.05) is 26.0 Å². The number of amides is 1. The summed E-state index contributed by atoms with van der Waals surface area (Å²) in [6, 6.07) is 7.64. The van der Waals surface area contributed by atoms with Crippen LogP contribution in [0.15, 0.2) is 36.2 Å². The Morgan fingerprint density at radius 2 is 2.15 bits per heavy atom. The Labute approximate surface area is 158 Å². The van der Waals surface area contributed by atoms with Gasteiger partial charge < -0.3 is 10.1 Å². The maximum Gasteiger partial charge on any atom is 0.281 e. The molecule has 1 aliphatic rings. The first-order valence-electron chi connectivity index (χ1n) is 8.45. The summed E-state index contributed by atoms with van der Waals surface area (Å²) in [6.45, 7) is 6.70. The molecular weight excluding hydrogens is 348 g/mol. The third-order valence-electron chi connectivity index (χ3n) is 3.86. The monoisotopic (exact) mass is 370 g/mol. The Kier molecular flexibility index (Phi) is 5.08. The second-order valence-corrected chi connectivity index (χ2v) is 7.07. The van der Waals surface area contributed by atoms with Crippen LogP contribution < -0.4 is 15.0 Å². The first kappa shape index (κ1) is 18.1. The number of benzene rings is 1. The lowest BCUT2D eigenvalue weighted by molar-refractivity contribution is -0.113. The van der Waals surface area contributed by atoms with Gasteiger partial charge >= 0.3 is 0 Å². The van der Waals surface area contributed by atoms with Crippen LogP contribution in [0, 0.1) is 12.8 Å². The number of anilines is 1. The number of hydrogen-bond acceptors (Lipinski definition) is 4. The van der Waals surface area contributed by atoms with Crippen molar-refractivity contribution in [3.05, 3.63) is 47.4 Å². The molecule has 0 atom stereocenters. The molecule has 1 aromatic carbocycles. The molecule has 0 saturated carbocycles. The highest BCUT2D eigenvalue weighted by Gasteiger charge is 2.33. The molecule has 1 amide bonds. The van der Waals surface area contributed by atoms with Crippen LogP contribution >= 0.6 is 12.2 Å². The molecule has 136 valence electrons. The van der Waals surface area contributed by atoms with E-state index in [2.05, 4.69) is 24.3 Å². The van der Waals surface area contributed by atoms with Crippen LogP contribution in [-0.4, -0.2) is 27.4 Å². The largest absolute Gasteiger partial charge is 0.493 e. The summed E-state index contributed by atoms with van der Waals surface area (Å²) in [4.78, 5) is 14.3. The van der Waals surface area contributed by atoms with Crippen LogP contribution in [0.25, 0.3) is 6.08 Å². The summed E-state index contributed by atoms with van der Waals surface area (Å²) in [7, 11) is 1.81. The van der Waals surface area contributed by atoms with Crippen molar-refractivity contribution in [2.45, 2.75) is 20.8 Å². The van der Waals surface area contributed by atoms with Crippen molar-refractivity contribution in [1.82, 2.24) is 15.1 Å². The summed E-state index contributed by atoms with van der Waals surface area (Å²) >= 11 is 5.35. The predicted molar refractivity (Wildman–Crippen MR) is 106 cm³/mol. The van der Waals surface area contributed by atoms with Gasteiger partial charge in [-0.25, -0.2) is 4.90 Å². The smallest absolute Gasteiger partial charge is 0.281 e. The lowest BCUT2D eigenvalue weighted by atomic mass is 10.1. The molecule has 7 heteroatoms. The van der Waals surface area contributed by atoms with E-state index in [0.29, 0.717) is 29.0 Å². The van der Waals surface area contributed by atoms with Crippen molar-refractivity contribution in [1.29, 1.82) is 0 Å². The molecule has 1 aromatic heterocycles. The molecule has 0 radical (unpaired) electrons. The van der Waals surface area contributed by atoms with Crippen molar-refractivity contribution in [3.8, 4) is 5.75 Å². The number of aromatic nitrogens is 2. The number of nitrogens with one attached hydrogen (secondary N) is 1. The standard InChI is InChI=1S/C19H22N4O2S/c1-12(2)11-25-15-7-5-6-14(8-15)9-16-18(24)23(19(26)20-16)17-10-22(4)21-13(17)3/h5-10,12H,11H2,1-4H3,(H,20,26)/b16-9+. The van der Waals surface area contributed by atoms with Crippen molar-refractivity contribution in [2.75, 3.05) is 11.5 Å². The van der Waals surface area contributed by atoms with E-state index < -0.39 is 0 Å². The summed E-state index contributed by atoms with van der Waals surface area (Å²) in [5, 5.41) is 7.63. The molecule has 0 aliphatic carbocycles. The molecule has 1 aliphatic heterocycles. The highest BCUT2D eigenvalue weighted by molar-refractivity contribution is 7.80. The summed E-state index contributed by atoms with van der Waals surface area (Å²) in [5.41, 5.74) is 2.73. The van der Waals surface area contributed by atoms with Crippen molar-refractivity contribution in [2.24, 2.45) is 13.0 Å². The summed E-state index contributed by atoms with van der Waals surface area (Å²) < 4.78 is 7.41. The van der Waals surface area contributed by atoms with Gasteiger partial charge in [0.05, 0.1) is 18.0 Å². The highest BCUT2D eigenvalue weighted by Crippen LogP contribution is 2.25. The average molecular weight is 370 g/mol. The third-order valence-corrected chi connectivity index (χ3v) is 4.14. The zero-order valence-corrected chi connectivity index (χ0v) is 16.1. The van der Waals surface area contributed by atoms with Crippen molar-refractivity contribution >= 4 is 35.0 Å². The molecule has 3 rings (SSSR count). The van der Waals surface area contributed by atoms with Gasteiger partial charge in [-0.15, -0.1) is 0 Å². The van der Waals surface area contributed by atoms with E-state index in [1.807, 2.05) is 38.2 Å². The van der Waals surface area contributed by atoms with Crippen LogP contribution in [0.4, 0.5) is 5.69 Å². The minimum Gasteiger partial charge on any atom is -0.493 e. The topological polar surface area (TPSA) is 59.4 Å². The number of aryl methyl sites for hydroxylation is 2. The average Bonchev–Trinajstić information content (AvgIpc) is 3.04. The fourth-order valence-corrected chi connectivity index (χ4v) is 2.98. The lowest BCUT2D eigenvalue weighted by Crippen LogP contribution is -2.30. The lowest BCUT2D eigenvalue weighted by Gasteiger charge is -2.12.